The molecule has 0 atom stereocenters. The van der Waals surface area contributed by atoms with Crippen LogP contribution in [0.2, 0.25) is 0 Å². The van der Waals surface area contributed by atoms with E-state index >= 15 is 0 Å². The highest BCUT2D eigenvalue weighted by Crippen LogP contribution is 2.36. The highest BCUT2D eigenvalue weighted by atomic mass is 79.9. The maximum atomic E-state index is 10.8. The smallest absolute Gasteiger partial charge is 0.175 e. The number of carbonyl (C=O) groups is 1. The molecule has 0 amide bonds. The van der Waals surface area contributed by atoms with Crippen molar-refractivity contribution >= 4 is 22.2 Å². The van der Waals surface area contributed by atoms with Crippen LogP contribution < -0.4 is 9.47 Å². The van der Waals surface area contributed by atoms with E-state index in [1.807, 2.05) is 0 Å². The SMILES string of the molecule is CCCCCCCCCCOc1c(Br)cc(C=O)cc1OC. The van der Waals surface area contributed by atoms with Crippen molar-refractivity contribution in [2.75, 3.05) is 13.7 Å². The van der Waals surface area contributed by atoms with Gasteiger partial charge < -0.3 is 9.47 Å². The van der Waals surface area contributed by atoms with E-state index in [0.717, 1.165) is 17.2 Å². The molecule has 0 unspecified atom stereocenters. The van der Waals surface area contributed by atoms with Gasteiger partial charge in [-0.15, -0.1) is 0 Å². The third kappa shape index (κ3) is 6.82. The van der Waals surface area contributed by atoms with Gasteiger partial charge in [-0.2, -0.15) is 0 Å². The van der Waals surface area contributed by atoms with Crippen LogP contribution >= 0.6 is 15.9 Å². The maximum Gasteiger partial charge on any atom is 0.175 e. The molecule has 3 nitrogen and oxygen atoms in total. The van der Waals surface area contributed by atoms with E-state index in [0.29, 0.717) is 23.7 Å². The van der Waals surface area contributed by atoms with Crippen molar-refractivity contribution in [3.05, 3.63) is 22.2 Å². The van der Waals surface area contributed by atoms with Gasteiger partial charge in [-0.25, -0.2) is 0 Å². The van der Waals surface area contributed by atoms with E-state index < -0.39 is 0 Å². The average molecular weight is 371 g/mol. The van der Waals surface area contributed by atoms with Crippen LogP contribution in [-0.4, -0.2) is 20.0 Å². The van der Waals surface area contributed by atoms with Gasteiger partial charge in [-0.3, -0.25) is 4.79 Å². The lowest BCUT2D eigenvalue weighted by Gasteiger charge is -2.13. The van der Waals surface area contributed by atoms with Gasteiger partial charge in [-0.05, 0) is 34.5 Å². The molecule has 0 aliphatic carbocycles. The van der Waals surface area contributed by atoms with Gasteiger partial charge in [-0.1, -0.05) is 51.9 Å². The summed E-state index contributed by atoms with van der Waals surface area (Å²) in [5.41, 5.74) is 0.572. The Morgan fingerprint density at radius 3 is 2.27 bits per heavy atom. The Morgan fingerprint density at radius 1 is 1.05 bits per heavy atom. The van der Waals surface area contributed by atoms with Gasteiger partial charge >= 0.3 is 0 Å². The normalized spacial score (nSPS) is 10.5. The second kappa shape index (κ2) is 11.5. The Morgan fingerprint density at radius 2 is 1.68 bits per heavy atom. The molecule has 124 valence electrons. The van der Waals surface area contributed by atoms with Crippen LogP contribution in [0.4, 0.5) is 0 Å². The van der Waals surface area contributed by atoms with Crippen LogP contribution in [0.25, 0.3) is 0 Å². The fraction of sp³-hybridized carbons (Fsp3) is 0.611. The second-order valence-corrected chi connectivity index (χ2v) is 6.33. The lowest BCUT2D eigenvalue weighted by Crippen LogP contribution is -2.01. The molecule has 1 aromatic carbocycles. The molecule has 0 N–H and O–H groups in total. The predicted molar refractivity (Wildman–Crippen MR) is 94.2 cm³/mol. The first kappa shape index (κ1) is 19.0. The molecule has 0 radical (unpaired) electrons. The molecule has 4 heteroatoms. The van der Waals surface area contributed by atoms with E-state index in [-0.39, 0.29) is 0 Å². The molecule has 1 rings (SSSR count). The van der Waals surface area contributed by atoms with Crippen molar-refractivity contribution in [2.45, 2.75) is 58.3 Å². The average Bonchev–Trinajstić information content (AvgIpc) is 2.53. The zero-order chi connectivity index (χ0) is 16.2. The molecule has 0 spiro atoms. The molecule has 22 heavy (non-hydrogen) atoms. The number of hydrogen-bond acceptors (Lipinski definition) is 3. The first-order chi connectivity index (χ1) is 10.7. The molecule has 0 saturated carbocycles. The molecule has 0 saturated heterocycles. The number of aldehydes is 1. The van der Waals surface area contributed by atoms with Gasteiger partial charge in [0, 0.05) is 5.56 Å². The monoisotopic (exact) mass is 370 g/mol. The number of methoxy groups -OCH3 is 1. The zero-order valence-electron chi connectivity index (χ0n) is 13.7. The number of hydrogen-bond donors (Lipinski definition) is 0. The fourth-order valence-corrected chi connectivity index (χ4v) is 2.93. The summed E-state index contributed by atoms with van der Waals surface area (Å²) in [7, 11) is 1.58. The van der Waals surface area contributed by atoms with E-state index in [2.05, 4.69) is 22.9 Å². The van der Waals surface area contributed by atoms with Crippen molar-refractivity contribution < 1.29 is 14.3 Å². The predicted octanol–water partition coefficient (Wildman–Crippen LogP) is 5.79. The van der Waals surface area contributed by atoms with Crippen LogP contribution in [0.5, 0.6) is 11.5 Å². The maximum absolute atomic E-state index is 10.8. The number of ether oxygens (including phenoxy) is 2. The van der Waals surface area contributed by atoms with Crippen LogP contribution in [0, 0.1) is 0 Å². The summed E-state index contributed by atoms with van der Waals surface area (Å²) in [6.07, 6.45) is 11.0. The van der Waals surface area contributed by atoms with Crippen molar-refractivity contribution in [1.29, 1.82) is 0 Å². The number of unbranched alkanes of at least 4 members (excludes halogenated alkanes) is 7. The molecule has 0 fully saturated rings. The van der Waals surface area contributed by atoms with Crippen LogP contribution in [0.15, 0.2) is 16.6 Å². The van der Waals surface area contributed by atoms with Crippen LogP contribution in [-0.2, 0) is 0 Å². The first-order valence-electron chi connectivity index (χ1n) is 8.18. The summed E-state index contributed by atoms with van der Waals surface area (Å²) in [4.78, 5) is 10.8. The lowest BCUT2D eigenvalue weighted by molar-refractivity contribution is 0.112. The Balaban J connectivity index is 2.29. The van der Waals surface area contributed by atoms with Gasteiger partial charge in [0.05, 0.1) is 18.2 Å². The van der Waals surface area contributed by atoms with E-state index in [9.17, 15) is 4.79 Å². The third-order valence-electron chi connectivity index (χ3n) is 3.63. The number of rotatable bonds is 12. The highest BCUT2D eigenvalue weighted by molar-refractivity contribution is 9.10. The van der Waals surface area contributed by atoms with Gasteiger partial charge in [0.2, 0.25) is 0 Å². The number of halogens is 1. The van der Waals surface area contributed by atoms with Gasteiger partial charge in [0.15, 0.2) is 11.5 Å². The minimum absolute atomic E-state index is 0.572. The van der Waals surface area contributed by atoms with Crippen molar-refractivity contribution in [2.24, 2.45) is 0 Å². The van der Waals surface area contributed by atoms with Crippen molar-refractivity contribution in [1.82, 2.24) is 0 Å². The standard InChI is InChI=1S/C18H27BrO3/c1-3-4-5-6-7-8-9-10-11-22-18-16(19)12-15(14-20)13-17(18)21-2/h12-14H,3-11H2,1-2H3. The first-order valence-corrected chi connectivity index (χ1v) is 8.97. The Kier molecular flexibility index (Phi) is 9.96. The summed E-state index contributed by atoms with van der Waals surface area (Å²) < 4.78 is 11.9. The summed E-state index contributed by atoms with van der Waals surface area (Å²) in [6.45, 7) is 2.91. The molecule has 0 bridgehead atoms. The molecule has 0 aliphatic heterocycles. The Hall–Kier alpha value is -1.03. The van der Waals surface area contributed by atoms with Crippen LogP contribution in [0.3, 0.4) is 0 Å². The largest absolute Gasteiger partial charge is 0.493 e. The quantitative estimate of drug-likeness (QED) is 0.345. The summed E-state index contributed by atoms with van der Waals surface area (Å²) >= 11 is 3.43. The minimum Gasteiger partial charge on any atom is -0.493 e. The number of benzene rings is 1. The highest BCUT2D eigenvalue weighted by Gasteiger charge is 2.11. The number of carbonyl (C=O) groups excluding carboxylic acids is 1. The third-order valence-corrected chi connectivity index (χ3v) is 4.22. The van der Waals surface area contributed by atoms with E-state index in [1.54, 1.807) is 19.2 Å². The van der Waals surface area contributed by atoms with Crippen LogP contribution in [0.1, 0.15) is 68.6 Å². The summed E-state index contributed by atoms with van der Waals surface area (Å²) in [5, 5.41) is 0. The van der Waals surface area contributed by atoms with Gasteiger partial charge in [0.25, 0.3) is 0 Å². The summed E-state index contributed by atoms with van der Waals surface area (Å²) in [5.74, 6) is 1.27. The van der Waals surface area contributed by atoms with E-state index in [1.165, 1.54) is 44.9 Å². The lowest BCUT2D eigenvalue weighted by atomic mass is 10.1. The molecule has 0 aromatic heterocycles. The zero-order valence-corrected chi connectivity index (χ0v) is 15.3. The minimum atomic E-state index is 0.572. The fourth-order valence-electron chi connectivity index (χ4n) is 2.36. The molecular formula is C18H27BrO3. The Labute approximate surface area is 142 Å². The van der Waals surface area contributed by atoms with E-state index in [4.69, 9.17) is 9.47 Å². The molecule has 0 aliphatic rings. The Bertz CT molecular complexity index is 446. The summed E-state index contributed by atoms with van der Waals surface area (Å²) in [6, 6.07) is 3.44. The van der Waals surface area contributed by atoms with Crippen molar-refractivity contribution in [3.8, 4) is 11.5 Å². The molecular weight excluding hydrogens is 344 g/mol. The molecule has 1 aromatic rings. The topological polar surface area (TPSA) is 35.5 Å². The molecule has 0 heterocycles. The second-order valence-electron chi connectivity index (χ2n) is 5.48. The van der Waals surface area contributed by atoms with Crippen molar-refractivity contribution in [3.63, 3.8) is 0 Å². The van der Waals surface area contributed by atoms with Gasteiger partial charge in [0.1, 0.15) is 6.29 Å².